The first kappa shape index (κ1) is 9.45. The Hall–Kier alpha value is -1.10. The Bertz CT molecular complexity index is 326. The molecule has 0 amide bonds. The van der Waals surface area contributed by atoms with Crippen LogP contribution in [0.15, 0.2) is 0 Å². The number of halogens is 1. The fourth-order valence-electron chi connectivity index (χ4n) is 1.10. The average Bonchev–Trinajstić information content (AvgIpc) is 2.97. The van der Waals surface area contributed by atoms with Gasteiger partial charge in [0.05, 0.1) is 0 Å². The van der Waals surface area contributed by atoms with Gasteiger partial charge in [-0.05, 0) is 30.4 Å². The van der Waals surface area contributed by atoms with Crippen molar-refractivity contribution in [3.8, 4) is 0 Å². The molecule has 76 valence electrons. The SMILES string of the molecule is CNc1nc(Cl)nc(NCC2CC2)n1. The molecule has 2 N–H and O–H groups in total. The molecule has 1 aliphatic rings. The van der Waals surface area contributed by atoms with Crippen LogP contribution in [0.3, 0.4) is 0 Å². The lowest BCUT2D eigenvalue weighted by molar-refractivity contribution is 0.869. The Balaban J connectivity index is 2.03. The second-order valence-electron chi connectivity index (χ2n) is 3.33. The predicted octanol–water partition coefficient (Wildman–Crippen LogP) is 1.39. The molecule has 0 saturated heterocycles. The first-order chi connectivity index (χ1) is 6.78. The van der Waals surface area contributed by atoms with Gasteiger partial charge in [-0.2, -0.15) is 15.0 Å². The Morgan fingerprint density at radius 2 is 2.00 bits per heavy atom. The van der Waals surface area contributed by atoms with E-state index >= 15 is 0 Å². The van der Waals surface area contributed by atoms with Crippen molar-refractivity contribution in [3.05, 3.63) is 5.28 Å². The summed E-state index contributed by atoms with van der Waals surface area (Å²) in [5.74, 6) is 1.81. The van der Waals surface area contributed by atoms with Gasteiger partial charge in [-0.15, -0.1) is 0 Å². The van der Waals surface area contributed by atoms with Gasteiger partial charge < -0.3 is 10.6 Å². The van der Waals surface area contributed by atoms with E-state index in [-0.39, 0.29) is 5.28 Å². The summed E-state index contributed by atoms with van der Waals surface area (Å²) in [4.78, 5) is 12.0. The van der Waals surface area contributed by atoms with E-state index in [1.807, 2.05) is 0 Å². The van der Waals surface area contributed by atoms with E-state index in [2.05, 4.69) is 25.6 Å². The van der Waals surface area contributed by atoms with Crippen LogP contribution in [0.5, 0.6) is 0 Å². The van der Waals surface area contributed by atoms with Gasteiger partial charge in [0, 0.05) is 13.6 Å². The maximum absolute atomic E-state index is 5.72. The minimum Gasteiger partial charge on any atom is -0.357 e. The number of hydrogen-bond acceptors (Lipinski definition) is 5. The molecule has 1 aromatic heterocycles. The van der Waals surface area contributed by atoms with Crippen LogP contribution in [-0.4, -0.2) is 28.5 Å². The maximum atomic E-state index is 5.72. The largest absolute Gasteiger partial charge is 0.357 e. The Labute approximate surface area is 87.3 Å². The minimum absolute atomic E-state index is 0.211. The quantitative estimate of drug-likeness (QED) is 0.792. The van der Waals surface area contributed by atoms with Crippen LogP contribution in [0.2, 0.25) is 5.28 Å². The second kappa shape index (κ2) is 3.96. The summed E-state index contributed by atoms with van der Waals surface area (Å²) in [5, 5.41) is 6.17. The third-order valence-electron chi connectivity index (χ3n) is 2.08. The Morgan fingerprint density at radius 1 is 1.29 bits per heavy atom. The van der Waals surface area contributed by atoms with Crippen molar-refractivity contribution < 1.29 is 0 Å². The summed E-state index contributed by atoms with van der Waals surface area (Å²) >= 11 is 5.72. The number of anilines is 2. The minimum atomic E-state index is 0.211. The summed E-state index contributed by atoms with van der Waals surface area (Å²) in [5.41, 5.74) is 0. The van der Waals surface area contributed by atoms with Crippen LogP contribution in [-0.2, 0) is 0 Å². The van der Waals surface area contributed by atoms with E-state index in [0.717, 1.165) is 12.5 Å². The molecule has 1 heterocycles. The molecule has 1 fully saturated rings. The Morgan fingerprint density at radius 3 is 2.64 bits per heavy atom. The average molecular weight is 214 g/mol. The number of rotatable bonds is 4. The summed E-state index contributed by atoms with van der Waals surface area (Å²) in [6.45, 7) is 0.920. The number of nitrogens with one attached hydrogen (secondary N) is 2. The lowest BCUT2D eigenvalue weighted by Crippen LogP contribution is -2.09. The van der Waals surface area contributed by atoms with Crippen molar-refractivity contribution in [1.29, 1.82) is 0 Å². The topological polar surface area (TPSA) is 62.7 Å². The second-order valence-corrected chi connectivity index (χ2v) is 3.66. The molecule has 2 rings (SSSR count). The summed E-state index contributed by atoms with van der Waals surface area (Å²) in [6.07, 6.45) is 2.59. The highest BCUT2D eigenvalue weighted by Crippen LogP contribution is 2.28. The zero-order chi connectivity index (χ0) is 9.97. The summed E-state index contributed by atoms with van der Waals surface area (Å²) < 4.78 is 0. The molecule has 1 saturated carbocycles. The summed E-state index contributed by atoms with van der Waals surface area (Å²) in [7, 11) is 1.75. The normalized spacial score (nSPS) is 15.3. The van der Waals surface area contributed by atoms with Gasteiger partial charge in [0.1, 0.15) is 0 Å². The van der Waals surface area contributed by atoms with Gasteiger partial charge in [-0.3, -0.25) is 0 Å². The molecule has 14 heavy (non-hydrogen) atoms. The van der Waals surface area contributed by atoms with Gasteiger partial charge in [0.2, 0.25) is 17.2 Å². The third kappa shape index (κ3) is 2.45. The number of aromatic nitrogens is 3. The monoisotopic (exact) mass is 213 g/mol. The first-order valence-corrected chi connectivity index (χ1v) is 4.99. The van der Waals surface area contributed by atoms with Crippen molar-refractivity contribution in [2.24, 2.45) is 5.92 Å². The molecule has 0 bridgehead atoms. The molecule has 0 radical (unpaired) electrons. The van der Waals surface area contributed by atoms with Gasteiger partial charge in [0.25, 0.3) is 0 Å². The predicted molar refractivity (Wildman–Crippen MR) is 55.6 cm³/mol. The van der Waals surface area contributed by atoms with E-state index in [1.165, 1.54) is 12.8 Å². The van der Waals surface area contributed by atoms with Crippen LogP contribution < -0.4 is 10.6 Å². The van der Waals surface area contributed by atoms with E-state index in [9.17, 15) is 0 Å². The lowest BCUT2D eigenvalue weighted by Gasteiger charge is -2.04. The van der Waals surface area contributed by atoms with Crippen LogP contribution in [0, 0.1) is 5.92 Å². The molecule has 6 heteroatoms. The molecule has 0 atom stereocenters. The van der Waals surface area contributed by atoms with Gasteiger partial charge >= 0.3 is 0 Å². The fourth-order valence-corrected chi connectivity index (χ4v) is 1.26. The molecule has 0 unspecified atom stereocenters. The number of hydrogen-bond donors (Lipinski definition) is 2. The molecule has 5 nitrogen and oxygen atoms in total. The van der Waals surface area contributed by atoms with Gasteiger partial charge in [-0.1, -0.05) is 0 Å². The summed E-state index contributed by atoms with van der Waals surface area (Å²) in [6, 6.07) is 0. The lowest BCUT2D eigenvalue weighted by atomic mass is 10.4. The van der Waals surface area contributed by atoms with Crippen LogP contribution in [0.1, 0.15) is 12.8 Å². The highest BCUT2D eigenvalue weighted by atomic mass is 35.5. The smallest absolute Gasteiger partial charge is 0.228 e. The zero-order valence-electron chi connectivity index (χ0n) is 7.92. The van der Waals surface area contributed by atoms with Crippen molar-refractivity contribution in [3.63, 3.8) is 0 Å². The molecule has 0 spiro atoms. The molecule has 1 aliphatic carbocycles. The van der Waals surface area contributed by atoms with Crippen LogP contribution >= 0.6 is 11.6 Å². The first-order valence-electron chi connectivity index (χ1n) is 4.61. The van der Waals surface area contributed by atoms with Gasteiger partial charge in [-0.25, -0.2) is 0 Å². The molecular weight excluding hydrogens is 202 g/mol. The highest BCUT2D eigenvalue weighted by Gasteiger charge is 2.21. The van der Waals surface area contributed by atoms with Crippen molar-refractivity contribution in [2.75, 3.05) is 24.2 Å². The molecular formula is C8H12ClN5. The standard InChI is InChI=1S/C8H12ClN5/c1-10-7-12-6(9)13-8(14-7)11-4-5-2-3-5/h5H,2-4H2,1H3,(H2,10,11,12,13,14). The third-order valence-corrected chi connectivity index (χ3v) is 2.25. The fraction of sp³-hybridized carbons (Fsp3) is 0.625. The van der Waals surface area contributed by atoms with Crippen molar-refractivity contribution >= 4 is 23.5 Å². The van der Waals surface area contributed by atoms with Gasteiger partial charge in [0.15, 0.2) is 0 Å². The van der Waals surface area contributed by atoms with E-state index in [4.69, 9.17) is 11.6 Å². The Kier molecular flexibility index (Phi) is 2.67. The van der Waals surface area contributed by atoms with Crippen molar-refractivity contribution in [2.45, 2.75) is 12.8 Å². The van der Waals surface area contributed by atoms with Crippen LogP contribution in [0.25, 0.3) is 0 Å². The van der Waals surface area contributed by atoms with E-state index < -0.39 is 0 Å². The van der Waals surface area contributed by atoms with E-state index in [0.29, 0.717) is 11.9 Å². The van der Waals surface area contributed by atoms with Crippen LogP contribution in [0.4, 0.5) is 11.9 Å². The molecule has 0 aliphatic heterocycles. The zero-order valence-corrected chi connectivity index (χ0v) is 8.67. The highest BCUT2D eigenvalue weighted by molar-refractivity contribution is 6.28. The molecule has 1 aromatic rings. The maximum Gasteiger partial charge on any atom is 0.228 e. The van der Waals surface area contributed by atoms with E-state index in [1.54, 1.807) is 7.05 Å². The number of nitrogens with zero attached hydrogens (tertiary/aromatic N) is 3. The van der Waals surface area contributed by atoms with Crippen molar-refractivity contribution in [1.82, 2.24) is 15.0 Å². The molecule has 0 aromatic carbocycles.